The van der Waals surface area contributed by atoms with Crippen molar-refractivity contribution >= 4 is 23.2 Å². The van der Waals surface area contributed by atoms with Crippen LogP contribution in [-0.2, 0) is 21.5 Å². The molecule has 1 aliphatic heterocycles. The fourth-order valence-corrected chi connectivity index (χ4v) is 3.29. The van der Waals surface area contributed by atoms with Crippen molar-refractivity contribution in [3.63, 3.8) is 0 Å². The van der Waals surface area contributed by atoms with Gasteiger partial charge >= 0.3 is 5.97 Å². The second kappa shape index (κ2) is 4.96. The summed E-state index contributed by atoms with van der Waals surface area (Å²) in [5, 5.41) is 9.12. The van der Waals surface area contributed by atoms with Crippen LogP contribution in [0.5, 0.6) is 0 Å². The molecule has 1 saturated heterocycles. The van der Waals surface area contributed by atoms with Crippen LogP contribution < -0.4 is 0 Å². The fourth-order valence-electron chi connectivity index (χ4n) is 2.22. The van der Waals surface area contributed by atoms with E-state index in [9.17, 15) is 9.59 Å². The van der Waals surface area contributed by atoms with Crippen LogP contribution in [0.3, 0.4) is 0 Å². The van der Waals surface area contributed by atoms with E-state index in [2.05, 4.69) is 26.8 Å². The molecule has 1 unspecified atom stereocenters. The monoisotopic (exact) mass is 281 g/mol. The van der Waals surface area contributed by atoms with E-state index in [0.717, 1.165) is 4.88 Å². The third kappa shape index (κ3) is 2.97. The number of hydrogen-bond acceptors (Lipinski definition) is 3. The largest absolute Gasteiger partial charge is 0.480 e. The van der Waals surface area contributed by atoms with Gasteiger partial charge < -0.3 is 10.0 Å². The van der Waals surface area contributed by atoms with E-state index in [4.69, 9.17) is 5.11 Å². The SMILES string of the molecule is CC(C)(C)c1ccc(CN2C(=O)CCC2C(=O)O)s1. The lowest BCUT2D eigenvalue weighted by Gasteiger charge is -2.21. The topological polar surface area (TPSA) is 57.6 Å². The van der Waals surface area contributed by atoms with Crippen LogP contribution in [0.25, 0.3) is 0 Å². The van der Waals surface area contributed by atoms with E-state index in [-0.39, 0.29) is 11.3 Å². The van der Waals surface area contributed by atoms with Crippen LogP contribution in [0, 0.1) is 0 Å². The second-order valence-corrected chi connectivity index (χ2v) is 7.10. The highest BCUT2D eigenvalue weighted by molar-refractivity contribution is 7.12. The number of amides is 1. The van der Waals surface area contributed by atoms with Crippen molar-refractivity contribution in [3.8, 4) is 0 Å². The summed E-state index contributed by atoms with van der Waals surface area (Å²) in [6.45, 7) is 6.84. The van der Waals surface area contributed by atoms with E-state index < -0.39 is 12.0 Å². The van der Waals surface area contributed by atoms with E-state index in [1.165, 1.54) is 9.78 Å². The smallest absolute Gasteiger partial charge is 0.326 e. The van der Waals surface area contributed by atoms with Gasteiger partial charge in [0.2, 0.25) is 5.91 Å². The van der Waals surface area contributed by atoms with Crippen molar-refractivity contribution in [2.45, 2.75) is 51.6 Å². The average Bonchev–Trinajstić information content (AvgIpc) is 2.87. The molecule has 1 aromatic rings. The average molecular weight is 281 g/mol. The van der Waals surface area contributed by atoms with E-state index in [0.29, 0.717) is 19.4 Å². The Hall–Kier alpha value is -1.36. The summed E-state index contributed by atoms with van der Waals surface area (Å²) in [5.74, 6) is -0.962. The summed E-state index contributed by atoms with van der Waals surface area (Å²) in [7, 11) is 0. The molecule has 0 spiro atoms. The summed E-state index contributed by atoms with van der Waals surface area (Å²) in [6, 6.07) is 3.40. The minimum atomic E-state index is -0.904. The zero-order valence-corrected chi connectivity index (χ0v) is 12.3. The predicted octanol–water partition coefficient (Wildman–Crippen LogP) is 2.62. The van der Waals surface area contributed by atoms with Crippen LogP contribution in [0.1, 0.15) is 43.4 Å². The number of rotatable bonds is 3. The van der Waals surface area contributed by atoms with Crippen LogP contribution >= 0.6 is 11.3 Å². The number of hydrogen-bond donors (Lipinski definition) is 1. The first-order chi connectivity index (χ1) is 8.79. The summed E-state index contributed by atoms with van der Waals surface area (Å²) >= 11 is 1.66. The maximum Gasteiger partial charge on any atom is 0.326 e. The molecule has 104 valence electrons. The molecule has 1 aliphatic rings. The van der Waals surface area contributed by atoms with Crippen molar-refractivity contribution in [2.75, 3.05) is 0 Å². The van der Waals surface area contributed by atoms with Gasteiger partial charge in [0, 0.05) is 16.2 Å². The maximum atomic E-state index is 11.8. The molecule has 2 heterocycles. The van der Waals surface area contributed by atoms with Gasteiger partial charge in [0.05, 0.1) is 6.54 Å². The Morgan fingerprint density at radius 2 is 2.16 bits per heavy atom. The highest BCUT2D eigenvalue weighted by atomic mass is 32.1. The molecule has 2 rings (SSSR count). The predicted molar refractivity (Wildman–Crippen MR) is 74.2 cm³/mol. The summed E-state index contributed by atoms with van der Waals surface area (Å²) in [5.41, 5.74) is 0.0874. The van der Waals surface area contributed by atoms with Crippen LogP contribution in [-0.4, -0.2) is 27.9 Å². The maximum absolute atomic E-state index is 11.8. The van der Waals surface area contributed by atoms with Gasteiger partial charge in [-0.2, -0.15) is 0 Å². The number of thiophene rings is 1. The van der Waals surface area contributed by atoms with Gasteiger partial charge in [-0.1, -0.05) is 20.8 Å². The number of carboxylic acids is 1. The molecule has 1 atom stereocenters. The normalized spacial score (nSPS) is 20.1. The van der Waals surface area contributed by atoms with E-state index >= 15 is 0 Å². The standard InChI is InChI=1S/C14H19NO3S/c1-14(2,3)11-6-4-9(19-11)8-15-10(13(17)18)5-7-12(15)16/h4,6,10H,5,7-8H2,1-3H3,(H,17,18). The zero-order chi connectivity index (χ0) is 14.2. The third-order valence-corrected chi connectivity index (χ3v) is 4.84. The summed E-state index contributed by atoms with van der Waals surface area (Å²) < 4.78 is 0. The minimum absolute atomic E-state index is 0.0573. The van der Waals surface area contributed by atoms with Gasteiger partial charge in [0.1, 0.15) is 6.04 Å². The number of carboxylic acid groups (broad SMARTS) is 1. The van der Waals surface area contributed by atoms with Crippen molar-refractivity contribution in [3.05, 3.63) is 21.9 Å². The molecule has 0 saturated carbocycles. The minimum Gasteiger partial charge on any atom is -0.480 e. The quantitative estimate of drug-likeness (QED) is 0.926. The molecular formula is C14H19NO3S. The number of aliphatic carboxylic acids is 1. The lowest BCUT2D eigenvalue weighted by Crippen LogP contribution is -2.37. The molecule has 4 nitrogen and oxygen atoms in total. The number of likely N-dealkylation sites (tertiary alicyclic amines) is 1. The van der Waals surface area contributed by atoms with Crippen LogP contribution in [0.4, 0.5) is 0 Å². The first-order valence-electron chi connectivity index (χ1n) is 6.40. The van der Waals surface area contributed by atoms with Crippen molar-refractivity contribution < 1.29 is 14.7 Å². The van der Waals surface area contributed by atoms with Gasteiger partial charge in [-0.05, 0) is 24.0 Å². The van der Waals surface area contributed by atoms with Crippen molar-refractivity contribution in [2.24, 2.45) is 0 Å². The molecular weight excluding hydrogens is 262 g/mol. The second-order valence-electron chi connectivity index (χ2n) is 5.93. The molecule has 0 bridgehead atoms. The van der Waals surface area contributed by atoms with Crippen molar-refractivity contribution in [1.29, 1.82) is 0 Å². The molecule has 1 fully saturated rings. The zero-order valence-electron chi connectivity index (χ0n) is 11.5. The van der Waals surface area contributed by atoms with Crippen molar-refractivity contribution in [1.82, 2.24) is 4.90 Å². The lowest BCUT2D eigenvalue weighted by molar-refractivity contribution is -0.146. The Bertz CT molecular complexity index is 501. The van der Waals surface area contributed by atoms with E-state index in [1.54, 1.807) is 11.3 Å². The number of carbonyl (C=O) groups is 2. The van der Waals surface area contributed by atoms with Gasteiger partial charge in [0.25, 0.3) is 0 Å². The Kier molecular flexibility index (Phi) is 3.67. The molecule has 19 heavy (non-hydrogen) atoms. The molecule has 0 aliphatic carbocycles. The Morgan fingerprint density at radius 3 is 2.68 bits per heavy atom. The molecule has 5 heteroatoms. The Morgan fingerprint density at radius 1 is 1.47 bits per heavy atom. The van der Waals surface area contributed by atoms with Crippen LogP contribution in [0.15, 0.2) is 12.1 Å². The summed E-state index contributed by atoms with van der Waals surface area (Å²) in [6.07, 6.45) is 0.764. The number of nitrogens with zero attached hydrogens (tertiary/aromatic N) is 1. The van der Waals surface area contributed by atoms with Gasteiger partial charge in [-0.15, -0.1) is 11.3 Å². The molecule has 0 radical (unpaired) electrons. The lowest BCUT2D eigenvalue weighted by atomic mass is 9.95. The third-order valence-electron chi connectivity index (χ3n) is 3.34. The fraction of sp³-hybridized carbons (Fsp3) is 0.571. The Balaban J connectivity index is 2.14. The van der Waals surface area contributed by atoms with Gasteiger partial charge in [0.15, 0.2) is 0 Å². The first kappa shape index (κ1) is 14.1. The van der Waals surface area contributed by atoms with Gasteiger partial charge in [-0.25, -0.2) is 4.79 Å². The molecule has 1 amide bonds. The molecule has 0 aromatic carbocycles. The first-order valence-corrected chi connectivity index (χ1v) is 7.22. The highest BCUT2D eigenvalue weighted by Crippen LogP contribution is 2.31. The van der Waals surface area contributed by atoms with Gasteiger partial charge in [-0.3, -0.25) is 4.79 Å². The molecule has 1 N–H and O–H groups in total. The highest BCUT2D eigenvalue weighted by Gasteiger charge is 2.36. The summed E-state index contributed by atoms with van der Waals surface area (Å²) in [4.78, 5) is 26.7. The van der Waals surface area contributed by atoms with Crippen LogP contribution in [0.2, 0.25) is 0 Å². The number of carbonyl (C=O) groups excluding carboxylic acids is 1. The van der Waals surface area contributed by atoms with E-state index in [1.807, 2.05) is 6.07 Å². The Labute approximate surface area is 117 Å². The molecule has 1 aromatic heterocycles.